The Bertz CT molecular complexity index is 679. The molecule has 23 heavy (non-hydrogen) atoms. The molecule has 0 radical (unpaired) electrons. The maximum atomic E-state index is 12.4. The van der Waals surface area contributed by atoms with Crippen molar-refractivity contribution in [2.45, 2.75) is 43.8 Å². The van der Waals surface area contributed by atoms with Gasteiger partial charge in [0.15, 0.2) is 5.16 Å². The smallest absolute Gasteiger partial charge is 0.237 e. The molecule has 1 saturated carbocycles. The molecule has 5 nitrogen and oxygen atoms in total. The quantitative estimate of drug-likeness (QED) is 0.761. The molecular formula is C17H22N4OS. The molecule has 0 atom stereocenters. The van der Waals surface area contributed by atoms with E-state index >= 15 is 0 Å². The Balaban J connectivity index is 1.68. The van der Waals surface area contributed by atoms with Crippen LogP contribution in [0, 0.1) is 0 Å². The van der Waals surface area contributed by atoms with Crippen LogP contribution in [0.4, 0.5) is 5.69 Å². The van der Waals surface area contributed by atoms with Crippen molar-refractivity contribution in [3.05, 3.63) is 36.2 Å². The molecule has 0 N–H and O–H groups in total. The fourth-order valence-electron chi connectivity index (χ4n) is 2.48. The Morgan fingerprint density at radius 3 is 2.61 bits per heavy atom. The number of nitrogens with zero attached hydrogens (tertiary/aromatic N) is 4. The van der Waals surface area contributed by atoms with Gasteiger partial charge in [-0.05, 0) is 25.0 Å². The minimum absolute atomic E-state index is 0.0673. The minimum Gasteiger partial charge on any atom is -0.315 e. The van der Waals surface area contributed by atoms with Crippen LogP contribution in [0.2, 0.25) is 0 Å². The van der Waals surface area contributed by atoms with E-state index in [1.807, 2.05) is 37.4 Å². The van der Waals surface area contributed by atoms with E-state index in [9.17, 15) is 4.79 Å². The Morgan fingerprint density at radius 2 is 2.00 bits per heavy atom. The van der Waals surface area contributed by atoms with Gasteiger partial charge in [-0.3, -0.25) is 4.79 Å². The number of rotatable bonds is 6. The van der Waals surface area contributed by atoms with Gasteiger partial charge in [0.2, 0.25) is 5.91 Å². The molecule has 1 aliphatic carbocycles. The SMILES string of the molecule is CC(C)c1nnc(SCC(=O)N(C)c2ccccc2)n1C1CC1. The Kier molecular flexibility index (Phi) is 4.71. The molecule has 0 bridgehead atoms. The first-order valence-corrected chi connectivity index (χ1v) is 8.95. The molecule has 1 fully saturated rings. The molecule has 1 aromatic carbocycles. The lowest BCUT2D eigenvalue weighted by Gasteiger charge is -2.17. The molecular weight excluding hydrogens is 308 g/mol. The van der Waals surface area contributed by atoms with Gasteiger partial charge in [-0.1, -0.05) is 43.8 Å². The van der Waals surface area contributed by atoms with Crippen molar-refractivity contribution in [3.8, 4) is 0 Å². The van der Waals surface area contributed by atoms with Crippen LogP contribution >= 0.6 is 11.8 Å². The highest BCUT2D eigenvalue weighted by Crippen LogP contribution is 2.40. The van der Waals surface area contributed by atoms with E-state index in [-0.39, 0.29) is 5.91 Å². The van der Waals surface area contributed by atoms with Crippen molar-refractivity contribution >= 4 is 23.4 Å². The van der Waals surface area contributed by atoms with E-state index in [0.717, 1.165) is 16.7 Å². The third kappa shape index (κ3) is 3.58. The number of hydrogen-bond acceptors (Lipinski definition) is 4. The fraction of sp³-hybridized carbons (Fsp3) is 0.471. The highest BCUT2D eigenvalue weighted by atomic mass is 32.2. The second-order valence-electron chi connectivity index (χ2n) is 6.17. The zero-order chi connectivity index (χ0) is 16.4. The number of thioether (sulfide) groups is 1. The molecule has 0 saturated heterocycles. The van der Waals surface area contributed by atoms with Gasteiger partial charge in [-0.2, -0.15) is 0 Å². The summed E-state index contributed by atoms with van der Waals surface area (Å²) in [5.74, 6) is 1.81. The van der Waals surface area contributed by atoms with Crippen LogP contribution < -0.4 is 4.90 Å². The van der Waals surface area contributed by atoms with Crippen molar-refractivity contribution in [2.75, 3.05) is 17.7 Å². The number of aromatic nitrogens is 3. The number of amides is 1. The number of anilines is 1. The molecule has 1 aliphatic rings. The summed E-state index contributed by atoms with van der Waals surface area (Å²) in [5, 5.41) is 9.50. The van der Waals surface area contributed by atoms with Crippen LogP contribution in [0.15, 0.2) is 35.5 Å². The van der Waals surface area contributed by atoms with Crippen LogP contribution in [0.1, 0.15) is 44.5 Å². The molecule has 0 spiro atoms. The van der Waals surface area contributed by atoms with Gasteiger partial charge in [0, 0.05) is 24.7 Å². The summed E-state index contributed by atoms with van der Waals surface area (Å²) in [6.45, 7) is 4.26. The molecule has 122 valence electrons. The van der Waals surface area contributed by atoms with E-state index in [4.69, 9.17) is 0 Å². The molecule has 1 heterocycles. The van der Waals surface area contributed by atoms with Gasteiger partial charge in [-0.25, -0.2) is 0 Å². The summed E-state index contributed by atoms with van der Waals surface area (Å²) < 4.78 is 2.23. The lowest BCUT2D eigenvalue weighted by atomic mass is 10.2. The number of para-hydroxylation sites is 1. The topological polar surface area (TPSA) is 51.0 Å². The van der Waals surface area contributed by atoms with E-state index in [0.29, 0.717) is 17.7 Å². The Labute approximate surface area is 141 Å². The van der Waals surface area contributed by atoms with Gasteiger partial charge >= 0.3 is 0 Å². The zero-order valence-electron chi connectivity index (χ0n) is 13.8. The lowest BCUT2D eigenvalue weighted by molar-refractivity contribution is -0.115. The van der Waals surface area contributed by atoms with E-state index in [1.165, 1.54) is 24.6 Å². The second kappa shape index (κ2) is 6.74. The standard InChI is InChI=1S/C17H22N4OS/c1-12(2)16-18-19-17(21(16)14-9-10-14)23-11-15(22)20(3)13-7-5-4-6-8-13/h4-8,12,14H,9-11H2,1-3H3. The summed E-state index contributed by atoms with van der Waals surface area (Å²) in [4.78, 5) is 14.1. The Hall–Kier alpha value is -1.82. The van der Waals surface area contributed by atoms with Crippen molar-refractivity contribution < 1.29 is 4.79 Å². The first kappa shape index (κ1) is 16.1. The number of carbonyl (C=O) groups excluding carboxylic acids is 1. The number of hydrogen-bond donors (Lipinski definition) is 0. The summed E-state index contributed by atoms with van der Waals surface area (Å²) in [6.07, 6.45) is 2.37. The predicted molar refractivity (Wildman–Crippen MR) is 93.0 cm³/mol. The van der Waals surface area contributed by atoms with E-state index in [2.05, 4.69) is 28.6 Å². The summed E-state index contributed by atoms with van der Waals surface area (Å²) >= 11 is 1.48. The van der Waals surface area contributed by atoms with Crippen molar-refractivity contribution in [1.82, 2.24) is 14.8 Å². The lowest BCUT2D eigenvalue weighted by Crippen LogP contribution is -2.28. The van der Waals surface area contributed by atoms with Gasteiger partial charge in [0.1, 0.15) is 5.82 Å². The first-order valence-electron chi connectivity index (χ1n) is 7.97. The van der Waals surface area contributed by atoms with Gasteiger partial charge in [0.05, 0.1) is 5.75 Å². The van der Waals surface area contributed by atoms with Gasteiger partial charge in [0.25, 0.3) is 0 Å². The van der Waals surface area contributed by atoms with E-state index < -0.39 is 0 Å². The Morgan fingerprint density at radius 1 is 1.30 bits per heavy atom. The number of carbonyl (C=O) groups is 1. The molecule has 2 aromatic rings. The second-order valence-corrected chi connectivity index (χ2v) is 7.12. The maximum Gasteiger partial charge on any atom is 0.237 e. The van der Waals surface area contributed by atoms with Gasteiger partial charge in [-0.15, -0.1) is 10.2 Å². The van der Waals surface area contributed by atoms with Crippen LogP contribution in [0.5, 0.6) is 0 Å². The van der Waals surface area contributed by atoms with Crippen LogP contribution in [-0.2, 0) is 4.79 Å². The fourth-order valence-corrected chi connectivity index (χ4v) is 3.40. The monoisotopic (exact) mass is 330 g/mol. The molecule has 3 rings (SSSR count). The molecule has 0 aliphatic heterocycles. The van der Waals surface area contributed by atoms with E-state index in [1.54, 1.807) is 4.90 Å². The minimum atomic E-state index is 0.0673. The summed E-state index contributed by atoms with van der Waals surface area (Å²) in [6, 6.07) is 10.2. The molecule has 6 heteroatoms. The summed E-state index contributed by atoms with van der Waals surface area (Å²) in [7, 11) is 1.81. The third-order valence-electron chi connectivity index (χ3n) is 3.96. The normalized spacial score (nSPS) is 14.3. The highest BCUT2D eigenvalue weighted by Gasteiger charge is 2.30. The predicted octanol–water partition coefficient (Wildman–Crippen LogP) is 3.49. The van der Waals surface area contributed by atoms with Crippen LogP contribution in [0.25, 0.3) is 0 Å². The average Bonchev–Trinajstić information content (AvgIpc) is 3.31. The zero-order valence-corrected chi connectivity index (χ0v) is 14.6. The molecule has 1 amide bonds. The maximum absolute atomic E-state index is 12.4. The average molecular weight is 330 g/mol. The third-order valence-corrected chi connectivity index (χ3v) is 4.89. The molecule has 0 unspecified atom stereocenters. The van der Waals surface area contributed by atoms with Crippen LogP contribution in [-0.4, -0.2) is 33.5 Å². The largest absolute Gasteiger partial charge is 0.315 e. The number of benzene rings is 1. The first-order chi connectivity index (χ1) is 11.1. The molecule has 1 aromatic heterocycles. The summed E-state index contributed by atoms with van der Waals surface area (Å²) in [5.41, 5.74) is 0.907. The van der Waals surface area contributed by atoms with Crippen LogP contribution in [0.3, 0.4) is 0 Å². The van der Waals surface area contributed by atoms with Crippen molar-refractivity contribution in [2.24, 2.45) is 0 Å². The van der Waals surface area contributed by atoms with Crippen molar-refractivity contribution in [3.63, 3.8) is 0 Å². The van der Waals surface area contributed by atoms with Gasteiger partial charge < -0.3 is 9.47 Å². The highest BCUT2D eigenvalue weighted by molar-refractivity contribution is 7.99. The van der Waals surface area contributed by atoms with Crippen molar-refractivity contribution in [1.29, 1.82) is 0 Å².